The molecule has 0 fully saturated rings. The number of amides is 1. The minimum Gasteiger partial charge on any atom is -0.492 e. The number of ether oxygens (including phenoxy) is 1. The smallest absolute Gasteiger partial charge is 0.251 e. The van der Waals surface area contributed by atoms with Crippen molar-refractivity contribution in [2.24, 2.45) is 0 Å². The minimum absolute atomic E-state index is 0.223. The maximum absolute atomic E-state index is 13.0. The molecule has 0 saturated heterocycles. The Morgan fingerprint density at radius 2 is 1.95 bits per heavy atom. The van der Waals surface area contributed by atoms with Gasteiger partial charge in [0.2, 0.25) is 0 Å². The number of hydrogen-bond donors (Lipinski definition) is 1. The Hall–Kier alpha value is -2.36. The van der Waals surface area contributed by atoms with E-state index in [0.717, 1.165) is 5.75 Å². The van der Waals surface area contributed by atoms with Gasteiger partial charge in [-0.2, -0.15) is 0 Å². The summed E-state index contributed by atoms with van der Waals surface area (Å²) in [6, 6.07) is 13.5. The van der Waals surface area contributed by atoms with E-state index in [1.807, 2.05) is 30.3 Å². The van der Waals surface area contributed by atoms with Gasteiger partial charge in [0.05, 0.1) is 6.54 Å². The number of halogens is 1. The fraction of sp³-hybridized carbons (Fsp3) is 0.188. The van der Waals surface area contributed by atoms with Crippen molar-refractivity contribution in [1.29, 1.82) is 0 Å². The van der Waals surface area contributed by atoms with Crippen LogP contribution >= 0.6 is 0 Å². The van der Waals surface area contributed by atoms with Gasteiger partial charge in [-0.25, -0.2) is 4.39 Å². The van der Waals surface area contributed by atoms with Gasteiger partial charge in [-0.05, 0) is 42.8 Å². The lowest BCUT2D eigenvalue weighted by Gasteiger charge is -2.09. The molecule has 0 saturated carbocycles. The molecule has 3 nitrogen and oxygen atoms in total. The topological polar surface area (TPSA) is 38.3 Å². The average molecular weight is 273 g/mol. The van der Waals surface area contributed by atoms with Gasteiger partial charge >= 0.3 is 0 Å². The summed E-state index contributed by atoms with van der Waals surface area (Å²) < 4.78 is 18.4. The highest BCUT2D eigenvalue weighted by molar-refractivity contribution is 5.95. The Bertz CT molecular complexity index is 584. The molecule has 2 aromatic rings. The number of hydrogen-bond acceptors (Lipinski definition) is 2. The van der Waals surface area contributed by atoms with Gasteiger partial charge in [-0.1, -0.05) is 18.2 Å². The zero-order valence-electron chi connectivity index (χ0n) is 11.2. The quantitative estimate of drug-likeness (QED) is 0.851. The van der Waals surface area contributed by atoms with Crippen LogP contribution in [0.4, 0.5) is 4.39 Å². The maximum Gasteiger partial charge on any atom is 0.251 e. The number of para-hydroxylation sites is 1. The molecule has 1 N–H and O–H groups in total. The monoisotopic (exact) mass is 273 g/mol. The van der Waals surface area contributed by atoms with Gasteiger partial charge in [0, 0.05) is 5.56 Å². The molecule has 0 heterocycles. The SMILES string of the molecule is Cc1cc(F)ccc1C(=O)NCCOc1ccccc1. The molecule has 1 amide bonds. The van der Waals surface area contributed by atoms with Crippen molar-refractivity contribution < 1.29 is 13.9 Å². The molecule has 2 aromatic carbocycles. The lowest BCUT2D eigenvalue weighted by atomic mass is 10.1. The van der Waals surface area contributed by atoms with E-state index in [-0.39, 0.29) is 11.7 Å². The van der Waals surface area contributed by atoms with Crippen LogP contribution in [-0.4, -0.2) is 19.1 Å². The van der Waals surface area contributed by atoms with Crippen LogP contribution < -0.4 is 10.1 Å². The van der Waals surface area contributed by atoms with Gasteiger partial charge in [0.25, 0.3) is 5.91 Å². The molecular formula is C16H16FNO2. The van der Waals surface area contributed by atoms with Crippen molar-refractivity contribution in [2.45, 2.75) is 6.92 Å². The molecule has 0 aliphatic carbocycles. The summed E-state index contributed by atoms with van der Waals surface area (Å²) in [6.45, 7) is 2.49. The van der Waals surface area contributed by atoms with Crippen LogP contribution in [0.2, 0.25) is 0 Å². The summed E-state index contributed by atoms with van der Waals surface area (Å²) in [7, 11) is 0. The lowest BCUT2D eigenvalue weighted by Crippen LogP contribution is -2.28. The third-order valence-electron chi connectivity index (χ3n) is 2.83. The van der Waals surface area contributed by atoms with Gasteiger partial charge in [0.1, 0.15) is 18.2 Å². The van der Waals surface area contributed by atoms with Gasteiger partial charge < -0.3 is 10.1 Å². The molecule has 0 atom stereocenters. The highest BCUT2D eigenvalue weighted by Gasteiger charge is 2.08. The molecule has 0 aliphatic rings. The maximum atomic E-state index is 13.0. The third kappa shape index (κ3) is 3.82. The van der Waals surface area contributed by atoms with Crippen molar-refractivity contribution in [3.8, 4) is 5.75 Å². The van der Waals surface area contributed by atoms with Crippen LogP contribution in [0, 0.1) is 12.7 Å². The normalized spacial score (nSPS) is 10.1. The molecule has 2 rings (SSSR count). The first kappa shape index (κ1) is 14.1. The molecule has 4 heteroatoms. The first-order valence-corrected chi connectivity index (χ1v) is 6.39. The molecule has 0 aromatic heterocycles. The summed E-state index contributed by atoms with van der Waals surface area (Å²) in [5.41, 5.74) is 1.09. The van der Waals surface area contributed by atoms with E-state index in [1.54, 1.807) is 6.92 Å². The minimum atomic E-state index is -0.341. The third-order valence-corrected chi connectivity index (χ3v) is 2.83. The zero-order valence-corrected chi connectivity index (χ0v) is 11.2. The zero-order chi connectivity index (χ0) is 14.4. The standard InChI is InChI=1S/C16H16FNO2/c1-12-11-13(17)7-8-15(12)16(19)18-9-10-20-14-5-3-2-4-6-14/h2-8,11H,9-10H2,1H3,(H,18,19). The van der Waals surface area contributed by atoms with Crippen molar-refractivity contribution in [1.82, 2.24) is 5.32 Å². The Balaban J connectivity index is 1.80. The second-order valence-corrected chi connectivity index (χ2v) is 4.38. The first-order chi connectivity index (χ1) is 9.66. The fourth-order valence-corrected chi connectivity index (χ4v) is 1.83. The number of nitrogens with one attached hydrogen (secondary N) is 1. The second-order valence-electron chi connectivity index (χ2n) is 4.38. The summed E-state index contributed by atoms with van der Waals surface area (Å²) in [5.74, 6) is 0.199. The van der Waals surface area contributed by atoms with E-state index in [2.05, 4.69) is 5.32 Å². The lowest BCUT2D eigenvalue weighted by molar-refractivity contribution is 0.0946. The highest BCUT2D eigenvalue weighted by Crippen LogP contribution is 2.10. The molecule has 0 aliphatic heterocycles. The van der Waals surface area contributed by atoms with E-state index >= 15 is 0 Å². The van der Waals surface area contributed by atoms with Gasteiger partial charge in [-0.3, -0.25) is 4.79 Å². The average Bonchev–Trinajstić information content (AvgIpc) is 2.44. The first-order valence-electron chi connectivity index (χ1n) is 6.39. The Kier molecular flexibility index (Phi) is 4.71. The van der Waals surface area contributed by atoms with Crippen molar-refractivity contribution in [3.05, 3.63) is 65.5 Å². The van der Waals surface area contributed by atoms with Crippen LogP contribution in [0.25, 0.3) is 0 Å². The van der Waals surface area contributed by atoms with Crippen LogP contribution in [0.1, 0.15) is 15.9 Å². The molecule has 20 heavy (non-hydrogen) atoms. The number of rotatable bonds is 5. The Morgan fingerprint density at radius 1 is 1.20 bits per heavy atom. The number of carbonyl (C=O) groups excluding carboxylic acids is 1. The van der Waals surface area contributed by atoms with Crippen molar-refractivity contribution in [3.63, 3.8) is 0 Å². The largest absolute Gasteiger partial charge is 0.492 e. The molecule has 104 valence electrons. The molecule has 0 unspecified atom stereocenters. The van der Waals surface area contributed by atoms with E-state index in [9.17, 15) is 9.18 Å². The Morgan fingerprint density at radius 3 is 2.65 bits per heavy atom. The van der Waals surface area contributed by atoms with Crippen molar-refractivity contribution >= 4 is 5.91 Å². The summed E-state index contributed by atoms with van der Waals surface area (Å²) in [4.78, 5) is 11.9. The molecule has 0 bridgehead atoms. The molecular weight excluding hydrogens is 257 g/mol. The van der Waals surface area contributed by atoms with Crippen LogP contribution in [0.5, 0.6) is 5.75 Å². The van der Waals surface area contributed by atoms with Gasteiger partial charge in [-0.15, -0.1) is 0 Å². The molecule has 0 radical (unpaired) electrons. The second kappa shape index (κ2) is 6.70. The number of carbonyl (C=O) groups is 1. The number of aryl methyl sites for hydroxylation is 1. The Labute approximate surface area is 117 Å². The van der Waals surface area contributed by atoms with Gasteiger partial charge in [0.15, 0.2) is 0 Å². The predicted octanol–water partition coefficient (Wildman–Crippen LogP) is 2.94. The fourth-order valence-electron chi connectivity index (χ4n) is 1.83. The summed E-state index contributed by atoms with van der Waals surface area (Å²) in [6.07, 6.45) is 0. The van der Waals surface area contributed by atoms with E-state index in [4.69, 9.17) is 4.74 Å². The molecule has 0 spiro atoms. The van der Waals surface area contributed by atoms with Crippen molar-refractivity contribution in [2.75, 3.05) is 13.2 Å². The predicted molar refractivity (Wildman–Crippen MR) is 75.4 cm³/mol. The summed E-state index contributed by atoms with van der Waals surface area (Å²) in [5, 5.41) is 2.74. The van der Waals surface area contributed by atoms with Crippen LogP contribution in [0.3, 0.4) is 0 Å². The van der Waals surface area contributed by atoms with Crippen LogP contribution in [-0.2, 0) is 0 Å². The van der Waals surface area contributed by atoms with E-state index in [0.29, 0.717) is 24.3 Å². The highest BCUT2D eigenvalue weighted by atomic mass is 19.1. The van der Waals surface area contributed by atoms with E-state index in [1.165, 1.54) is 18.2 Å². The number of benzene rings is 2. The van der Waals surface area contributed by atoms with E-state index < -0.39 is 0 Å². The van der Waals surface area contributed by atoms with Crippen LogP contribution in [0.15, 0.2) is 48.5 Å². The summed E-state index contributed by atoms with van der Waals surface area (Å²) >= 11 is 0.